The van der Waals surface area contributed by atoms with Crippen LogP contribution in [0.5, 0.6) is 5.75 Å². The minimum atomic E-state index is -0.625. The molecule has 1 fully saturated rings. The molecular formula is C18H17N3O3S. The van der Waals surface area contributed by atoms with E-state index in [1.807, 2.05) is 41.8 Å². The summed E-state index contributed by atoms with van der Waals surface area (Å²) in [5.74, 6) is 2.05. The molecule has 6 nitrogen and oxygen atoms in total. The van der Waals surface area contributed by atoms with E-state index in [1.165, 1.54) is 11.3 Å². The van der Waals surface area contributed by atoms with E-state index in [1.54, 1.807) is 6.92 Å². The fourth-order valence-corrected chi connectivity index (χ4v) is 3.17. The number of amides is 1. The van der Waals surface area contributed by atoms with Gasteiger partial charge in [-0.15, -0.1) is 11.3 Å². The highest BCUT2D eigenvalue weighted by Crippen LogP contribution is 2.40. The summed E-state index contributed by atoms with van der Waals surface area (Å²) >= 11 is 1.45. The largest absolute Gasteiger partial charge is 0.481 e. The molecule has 0 saturated heterocycles. The topological polar surface area (TPSA) is 77.2 Å². The molecule has 1 aliphatic carbocycles. The lowest BCUT2D eigenvalue weighted by atomic mass is 10.3. The summed E-state index contributed by atoms with van der Waals surface area (Å²) in [4.78, 5) is 17.6. The van der Waals surface area contributed by atoms with Crippen molar-refractivity contribution in [1.82, 2.24) is 10.1 Å². The Morgan fingerprint density at radius 2 is 2.12 bits per heavy atom. The van der Waals surface area contributed by atoms with E-state index in [0.29, 0.717) is 23.2 Å². The normalized spacial score (nSPS) is 14.9. The molecule has 1 N–H and O–H groups in total. The smallest absolute Gasteiger partial charge is 0.270 e. The first-order chi connectivity index (χ1) is 12.2. The van der Waals surface area contributed by atoms with Gasteiger partial charge in [0.25, 0.3) is 11.8 Å². The van der Waals surface area contributed by atoms with Gasteiger partial charge >= 0.3 is 0 Å². The predicted molar refractivity (Wildman–Crippen MR) is 94.7 cm³/mol. The number of benzene rings is 1. The van der Waals surface area contributed by atoms with Crippen molar-refractivity contribution in [2.75, 3.05) is 5.32 Å². The number of nitrogens with one attached hydrogen (secondary N) is 1. The molecule has 1 amide bonds. The number of carbonyl (C=O) groups excluding carboxylic acids is 1. The third-order valence-electron chi connectivity index (χ3n) is 3.93. The highest BCUT2D eigenvalue weighted by molar-refractivity contribution is 7.14. The van der Waals surface area contributed by atoms with Crippen molar-refractivity contribution in [3.63, 3.8) is 0 Å². The van der Waals surface area contributed by atoms with Gasteiger partial charge in [-0.2, -0.15) is 4.98 Å². The monoisotopic (exact) mass is 355 g/mol. The number of aromatic nitrogens is 2. The molecule has 3 aromatic rings. The number of carbonyl (C=O) groups is 1. The molecule has 0 spiro atoms. The van der Waals surface area contributed by atoms with Crippen molar-refractivity contribution in [2.45, 2.75) is 31.8 Å². The van der Waals surface area contributed by atoms with E-state index in [2.05, 4.69) is 15.5 Å². The highest BCUT2D eigenvalue weighted by atomic mass is 32.1. The van der Waals surface area contributed by atoms with Crippen LogP contribution in [0.4, 0.5) is 5.69 Å². The van der Waals surface area contributed by atoms with Gasteiger partial charge in [0.1, 0.15) is 10.6 Å². The van der Waals surface area contributed by atoms with Gasteiger partial charge in [-0.05, 0) is 43.3 Å². The van der Waals surface area contributed by atoms with Crippen molar-refractivity contribution >= 4 is 22.9 Å². The molecule has 1 atom stereocenters. The highest BCUT2D eigenvalue weighted by Gasteiger charge is 2.29. The number of hydrogen-bond acceptors (Lipinski definition) is 6. The van der Waals surface area contributed by atoms with E-state index >= 15 is 0 Å². The Labute approximate surface area is 148 Å². The van der Waals surface area contributed by atoms with Gasteiger partial charge in [0.15, 0.2) is 11.9 Å². The molecule has 1 aliphatic rings. The first-order valence-corrected chi connectivity index (χ1v) is 9.02. The molecule has 1 saturated carbocycles. The van der Waals surface area contributed by atoms with Gasteiger partial charge in [-0.25, -0.2) is 0 Å². The summed E-state index contributed by atoms with van der Waals surface area (Å²) in [6.45, 7) is 1.71. The Bertz CT molecular complexity index is 871. The molecule has 7 heteroatoms. The van der Waals surface area contributed by atoms with Crippen molar-refractivity contribution in [1.29, 1.82) is 0 Å². The zero-order chi connectivity index (χ0) is 17.2. The van der Waals surface area contributed by atoms with Crippen LogP contribution in [-0.2, 0) is 4.79 Å². The molecule has 0 unspecified atom stereocenters. The second-order valence-corrected chi connectivity index (χ2v) is 6.87. The lowest BCUT2D eigenvalue weighted by molar-refractivity contribution is -0.122. The summed E-state index contributed by atoms with van der Waals surface area (Å²) < 4.78 is 11.0. The van der Waals surface area contributed by atoms with Gasteiger partial charge in [-0.3, -0.25) is 4.79 Å². The van der Waals surface area contributed by atoms with Crippen LogP contribution >= 0.6 is 11.3 Å². The first kappa shape index (κ1) is 15.8. The number of ether oxygens (including phenoxy) is 1. The maximum atomic E-state index is 12.4. The lowest BCUT2D eigenvalue weighted by Gasteiger charge is -2.14. The fourth-order valence-electron chi connectivity index (χ4n) is 2.40. The molecule has 0 aliphatic heterocycles. The average molecular weight is 355 g/mol. The van der Waals surface area contributed by atoms with Gasteiger partial charge in [0, 0.05) is 5.92 Å². The molecule has 4 rings (SSSR count). The lowest BCUT2D eigenvalue weighted by Crippen LogP contribution is -2.30. The molecule has 2 heterocycles. The third-order valence-corrected chi connectivity index (χ3v) is 4.83. The van der Waals surface area contributed by atoms with Crippen LogP contribution in [0, 0.1) is 0 Å². The van der Waals surface area contributed by atoms with Crippen LogP contribution < -0.4 is 10.1 Å². The Balaban J connectivity index is 1.45. The van der Waals surface area contributed by atoms with Crippen LogP contribution in [0.25, 0.3) is 10.8 Å². The van der Waals surface area contributed by atoms with Crippen LogP contribution in [0.2, 0.25) is 0 Å². The van der Waals surface area contributed by atoms with Crippen LogP contribution in [0.15, 0.2) is 46.3 Å². The third kappa shape index (κ3) is 3.56. The SMILES string of the molecule is C[C@H](Oc1ccccc1)C(=O)Nc1ccsc1-c1nc(C2CC2)no1. The Morgan fingerprint density at radius 1 is 1.32 bits per heavy atom. The summed E-state index contributed by atoms with van der Waals surface area (Å²) in [7, 11) is 0. The van der Waals surface area contributed by atoms with Gasteiger partial charge in [0.05, 0.1) is 5.69 Å². The average Bonchev–Trinajstić information content (AvgIpc) is 3.17. The van der Waals surface area contributed by atoms with E-state index in [9.17, 15) is 4.79 Å². The van der Waals surface area contributed by atoms with Gasteiger partial charge in [-0.1, -0.05) is 23.4 Å². The van der Waals surface area contributed by atoms with E-state index < -0.39 is 6.10 Å². The quantitative estimate of drug-likeness (QED) is 0.721. The number of rotatable bonds is 6. The maximum Gasteiger partial charge on any atom is 0.270 e. The number of thiophene rings is 1. The first-order valence-electron chi connectivity index (χ1n) is 8.15. The molecule has 128 valence electrons. The zero-order valence-corrected chi connectivity index (χ0v) is 14.5. The van der Waals surface area contributed by atoms with Crippen LogP contribution in [0.3, 0.4) is 0 Å². The molecule has 0 bridgehead atoms. The predicted octanol–water partition coefficient (Wildman–Crippen LogP) is 4.08. The van der Waals surface area contributed by atoms with Gasteiger partial charge < -0.3 is 14.6 Å². The second-order valence-electron chi connectivity index (χ2n) is 5.96. The Morgan fingerprint density at radius 3 is 2.88 bits per heavy atom. The number of nitrogens with zero attached hydrogens (tertiary/aromatic N) is 2. The summed E-state index contributed by atoms with van der Waals surface area (Å²) in [6.07, 6.45) is 1.60. The zero-order valence-electron chi connectivity index (χ0n) is 13.6. The molecule has 2 aromatic heterocycles. The number of hydrogen-bond donors (Lipinski definition) is 1. The van der Waals surface area contributed by atoms with E-state index in [0.717, 1.165) is 23.5 Å². The van der Waals surface area contributed by atoms with Crippen LogP contribution in [0.1, 0.15) is 31.5 Å². The van der Waals surface area contributed by atoms with Crippen molar-refractivity contribution in [3.8, 4) is 16.5 Å². The van der Waals surface area contributed by atoms with Crippen molar-refractivity contribution in [3.05, 3.63) is 47.6 Å². The number of anilines is 1. The summed E-state index contributed by atoms with van der Waals surface area (Å²) in [5, 5.41) is 8.79. The molecule has 25 heavy (non-hydrogen) atoms. The van der Waals surface area contributed by atoms with E-state index in [4.69, 9.17) is 9.26 Å². The van der Waals surface area contributed by atoms with Gasteiger partial charge in [0.2, 0.25) is 0 Å². The number of para-hydroxylation sites is 1. The van der Waals surface area contributed by atoms with E-state index in [-0.39, 0.29) is 5.91 Å². The minimum absolute atomic E-state index is 0.231. The van der Waals surface area contributed by atoms with Crippen molar-refractivity contribution in [2.24, 2.45) is 0 Å². The van der Waals surface area contributed by atoms with Crippen LogP contribution in [-0.4, -0.2) is 22.2 Å². The fraction of sp³-hybridized carbons (Fsp3) is 0.278. The second kappa shape index (κ2) is 6.68. The molecular weight excluding hydrogens is 338 g/mol. The minimum Gasteiger partial charge on any atom is -0.481 e. The Kier molecular flexibility index (Phi) is 4.23. The Hall–Kier alpha value is -2.67. The molecule has 0 radical (unpaired) electrons. The molecule has 1 aromatic carbocycles. The standard InChI is InChI=1S/C18H17N3O3S/c1-11(23-13-5-3-2-4-6-13)17(22)19-14-9-10-25-15(14)18-20-16(21-24-18)12-7-8-12/h2-6,9-12H,7-8H2,1H3,(H,19,22)/t11-/m0/s1. The summed E-state index contributed by atoms with van der Waals surface area (Å²) in [5.41, 5.74) is 0.657. The van der Waals surface area contributed by atoms with Crippen molar-refractivity contribution < 1.29 is 14.1 Å². The summed E-state index contributed by atoms with van der Waals surface area (Å²) in [6, 6.07) is 11.1. The maximum absolute atomic E-state index is 12.4.